The molecule has 0 saturated heterocycles. The van der Waals surface area contributed by atoms with Crippen molar-refractivity contribution in [3.63, 3.8) is 0 Å². The number of amides is 2. The van der Waals surface area contributed by atoms with Crippen LogP contribution < -0.4 is 14.4 Å². The summed E-state index contributed by atoms with van der Waals surface area (Å²) in [6.07, 6.45) is 4.39. The number of hydrogen-bond donors (Lipinski definition) is 1. The first-order valence-electron chi connectivity index (χ1n) is 14.5. The lowest BCUT2D eigenvalue weighted by Crippen LogP contribution is -2.53. The average molecular weight is 592 g/mol. The Labute approximate surface area is 249 Å². The van der Waals surface area contributed by atoms with Crippen LogP contribution in [0.1, 0.15) is 55.7 Å². The highest BCUT2D eigenvalue weighted by atomic mass is 32.2. The number of nitrogens with one attached hydrogen (secondary N) is 1. The predicted octanol–water partition coefficient (Wildman–Crippen LogP) is 5.37. The van der Waals surface area contributed by atoms with Crippen LogP contribution in [0.25, 0.3) is 0 Å². The smallest absolute Gasteiger partial charge is 0.264 e. The second-order valence-corrected chi connectivity index (χ2v) is 12.8. The van der Waals surface area contributed by atoms with E-state index in [1.165, 1.54) is 24.1 Å². The van der Waals surface area contributed by atoms with E-state index in [0.717, 1.165) is 46.7 Å². The number of anilines is 1. The van der Waals surface area contributed by atoms with Gasteiger partial charge in [-0.3, -0.25) is 13.9 Å². The molecule has 9 heteroatoms. The first-order valence-corrected chi connectivity index (χ1v) is 15.9. The number of sulfonamides is 1. The maximum Gasteiger partial charge on any atom is 0.264 e. The molecule has 3 aromatic carbocycles. The molecule has 0 aliphatic heterocycles. The van der Waals surface area contributed by atoms with Crippen molar-refractivity contribution in [1.29, 1.82) is 0 Å². The van der Waals surface area contributed by atoms with Crippen LogP contribution in [0.5, 0.6) is 5.75 Å². The van der Waals surface area contributed by atoms with E-state index in [0.29, 0.717) is 17.9 Å². The number of ether oxygens (including phenoxy) is 1. The van der Waals surface area contributed by atoms with Crippen molar-refractivity contribution in [3.05, 3.63) is 89.5 Å². The average Bonchev–Trinajstić information content (AvgIpc) is 3.49. The summed E-state index contributed by atoms with van der Waals surface area (Å²) >= 11 is 0. The number of nitrogens with zero attached hydrogens (tertiary/aromatic N) is 2. The summed E-state index contributed by atoms with van der Waals surface area (Å²) in [4.78, 5) is 29.3. The Kier molecular flexibility index (Phi) is 10.3. The highest BCUT2D eigenvalue weighted by molar-refractivity contribution is 7.92. The fourth-order valence-electron chi connectivity index (χ4n) is 5.41. The van der Waals surface area contributed by atoms with Crippen LogP contribution in [-0.4, -0.2) is 50.9 Å². The van der Waals surface area contributed by atoms with Crippen LogP contribution >= 0.6 is 0 Å². The quantitative estimate of drug-likeness (QED) is 0.305. The van der Waals surface area contributed by atoms with E-state index < -0.39 is 28.5 Å². The van der Waals surface area contributed by atoms with E-state index in [4.69, 9.17) is 4.74 Å². The third kappa shape index (κ3) is 7.50. The Bertz CT molecular complexity index is 1470. The van der Waals surface area contributed by atoms with Crippen molar-refractivity contribution in [3.8, 4) is 5.75 Å². The van der Waals surface area contributed by atoms with Crippen LogP contribution in [-0.2, 0) is 26.2 Å². The minimum atomic E-state index is -4.14. The molecular weight excluding hydrogens is 550 g/mol. The lowest BCUT2D eigenvalue weighted by molar-refractivity contribution is -0.140. The van der Waals surface area contributed by atoms with Gasteiger partial charge < -0.3 is 15.0 Å². The number of carbonyl (C=O) groups excluding carboxylic acids is 2. The fraction of sp³-hybridized carbons (Fsp3) is 0.394. The highest BCUT2D eigenvalue weighted by Gasteiger charge is 2.34. The van der Waals surface area contributed by atoms with Gasteiger partial charge in [-0.2, -0.15) is 0 Å². The van der Waals surface area contributed by atoms with Crippen molar-refractivity contribution >= 4 is 27.5 Å². The van der Waals surface area contributed by atoms with Crippen LogP contribution in [0.2, 0.25) is 0 Å². The third-order valence-corrected chi connectivity index (χ3v) is 9.56. The number of methoxy groups -OCH3 is 1. The number of rotatable bonds is 12. The molecular formula is C33H41N3O5S. The van der Waals surface area contributed by atoms with Crippen molar-refractivity contribution in [1.82, 2.24) is 10.2 Å². The maximum absolute atomic E-state index is 14.2. The molecule has 42 heavy (non-hydrogen) atoms. The molecule has 1 N–H and O–H groups in total. The van der Waals surface area contributed by atoms with Crippen molar-refractivity contribution in [2.75, 3.05) is 18.0 Å². The molecule has 4 rings (SSSR count). The van der Waals surface area contributed by atoms with Crippen molar-refractivity contribution in [2.45, 2.75) is 76.4 Å². The zero-order chi connectivity index (χ0) is 30.3. The summed E-state index contributed by atoms with van der Waals surface area (Å²) in [6, 6.07) is 20.2. The lowest BCUT2D eigenvalue weighted by atomic mass is 10.1. The SMILES string of the molecule is CC[C@H](C(=O)NC1CCCC1)N(Cc1cccc(C)c1)C(=O)CN(c1ccc(C)cc1)S(=O)(=O)c1ccc(OC)cc1. The van der Waals surface area contributed by atoms with Crippen LogP contribution in [0, 0.1) is 13.8 Å². The highest BCUT2D eigenvalue weighted by Crippen LogP contribution is 2.27. The number of aryl methyl sites for hydroxylation is 2. The van der Waals surface area contributed by atoms with Gasteiger partial charge in [0, 0.05) is 12.6 Å². The topological polar surface area (TPSA) is 96.0 Å². The summed E-state index contributed by atoms with van der Waals surface area (Å²) in [6.45, 7) is 5.48. The van der Waals surface area contributed by atoms with Crippen molar-refractivity contribution in [2.24, 2.45) is 0 Å². The Balaban J connectivity index is 1.71. The monoisotopic (exact) mass is 591 g/mol. The van der Waals surface area contributed by atoms with E-state index in [-0.39, 0.29) is 23.4 Å². The van der Waals surface area contributed by atoms with Gasteiger partial charge in [0.25, 0.3) is 10.0 Å². The molecule has 1 saturated carbocycles. The summed E-state index contributed by atoms with van der Waals surface area (Å²) < 4.78 is 34.4. The molecule has 0 aromatic heterocycles. The van der Waals surface area contributed by atoms with Gasteiger partial charge >= 0.3 is 0 Å². The van der Waals surface area contributed by atoms with Gasteiger partial charge in [-0.15, -0.1) is 0 Å². The number of carbonyl (C=O) groups is 2. The Morgan fingerprint density at radius 3 is 2.21 bits per heavy atom. The van der Waals surface area contributed by atoms with E-state index in [1.807, 2.05) is 57.2 Å². The molecule has 1 atom stereocenters. The molecule has 1 aliphatic carbocycles. The molecule has 0 unspecified atom stereocenters. The molecule has 0 bridgehead atoms. The summed E-state index contributed by atoms with van der Waals surface area (Å²) in [5.41, 5.74) is 3.23. The molecule has 0 heterocycles. The van der Waals surface area contributed by atoms with Gasteiger partial charge in [0.15, 0.2) is 0 Å². The minimum Gasteiger partial charge on any atom is -0.497 e. The Morgan fingerprint density at radius 2 is 1.62 bits per heavy atom. The molecule has 3 aromatic rings. The van der Waals surface area contributed by atoms with E-state index >= 15 is 0 Å². The lowest BCUT2D eigenvalue weighted by Gasteiger charge is -2.34. The van der Waals surface area contributed by atoms with Crippen molar-refractivity contribution < 1.29 is 22.7 Å². The summed E-state index contributed by atoms with van der Waals surface area (Å²) in [5, 5.41) is 3.14. The number of hydrogen-bond acceptors (Lipinski definition) is 5. The summed E-state index contributed by atoms with van der Waals surface area (Å²) in [7, 11) is -2.63. The van der Waals surface area contributed by atoms with Gasteiger partial charge in [-0.1, -0.05) is 67.3 Å². The normalized spacial score (nSPS) is 14.3. The predicted molar refractivity (Wildman–Crippen MR) is 165 cm³/mol. The number of benzene rings is 3. The first-order chi connectivity index (χ1) is 20.1. The second kappa shape index (κ2) is 13.9. The molecule has 224 valence electrons. The van der Waals surface area contributed by atoms with Crippen LogP contribution in [0.3, 0.4) is 0 Å². The molecule has 8 nitrogen and oxygen atoms in total. The Morgan fingerprint density at radius 1 is 0.952 bits per heavy atom. The van der Waals surface area contributed by atoms with Crippen LogP contribution in [0.15, 0.2) is 77.7 Å². The fourth-order valence-corrected chi connectivity index (χ4v) is 6.82. The zero-order valence-corrected chi connectivity index (χ0v) is 25.7. The van der Waals surface area contributed by atoms with Gasteiger partial charge in [-0.05, 0) is 75.1 Å². The molecule has 1 aliphatic rings. The van der Waals surface area contributed by atoms with Crippen LogP contribution in [0.4, 0.5) is 5.69 Å². The van der Waals surface area contributed by atoms with Gasteiger partial charge in [-0.25, -0.2) is 8.42 Å². The van der Waals surface area contributed by atoms with Gasteiger partial charge in [0.2, 0.25) is 11.8 Å². The molecule has 0 radical (unpaired) electrons. The van der Waals surface area contributed by atoms with E-state index in [1.54, 1.807) is 24.3 Å². The zero-order valence-electron chi connectivity index (χ0n) is 24.9. The van der Waals surface area contributed by atoms with Gasteiger partial charge in [0.1, 0.15) is 18.3 Å². The first kappa shape index (κ1) is 31.1. The minimum absolute atomic E-state index is 0.0351. The van der Waals surface area contributed by atoms with Gasteiger partial charge in [0.05, 0.1) is 17.7 Å². The molecule has 2 amide bonds. The third-order valence-electron chi connectivity index (χ3n) is 7.77. The Hall–Kier alpha value is -3.85. The summed E-state index contributed by atoms with van der Waals surface area (Å²) in [5.74, 6) is -0.136. The standard InChI is InChI=1S/C33H41N3O5S/c1-5-31(33(38)34-27-11-6-7-12-27)35(22-26-10-8-9-25(3)21-26)32(37)23-36(28-15-13-24(2)14-16-28)42(39,40)30-19-17-29(41-4)18-20-30/h8-10,13-21,27,31H,5-7,11-12,22-23H2,1-4H3,(H,34,38)/t31-/m1/s1. The maximum atomic E-state index is 14.2. The van der Waals surface area contributed by atoms with E-state index in [9.17, 15) is 18.0 Å². The largest absolute Gasteiger partial charge is 0.497 e. The molecule has 0 spiro atoms. The molecule has 1 fully saturated rings. The van der Waals surface area contributed by atoms with E-state index in [2.05, 4.69) is 5.32 Å². The second-order valence-electron chi connectivity index (χ2n) is 10.9.